The van der Waals surface area contributed by atoms with Gasteiger partial charge in [0.15, 0.2) is 0 Å². The Morgan fingerprint density at radius 1 is 1.05 bits per heavy atom. The van der Waals surface area contributed by atoms with E-state index in [-0.39, 0.29) is 0 Å². The molecule has 0 aliphatic carbocycles. The van der Waals surface area contributed by atoms with Gasteiger partial charge >= 0.3 is 0 Å². The molecule has 1 nitrogen and oxygen atoms in total. The third kappa shape index (κ3) is 3.48. The lowest BCUT2D eigenvalue weighted by atomic mass is 9.87. The highest BCUT2D eigenvalue weighted by atomic mass is 15.1. The van der Waals surface area contributed by atoms with Crippen LogP contribution in [0.15, 0.2) is 66.2 Å². The third-order valence-electron chi connectivity index (χ3n) is 4.52. The summed E-state index contributed by atoms with van der Waals surface area (Å²) in [5.41, 5.74) is 5.83. The summed E-state index contributed by atoms with van der Waals surface area (Å²) in [5, 5.41) is 0. The number of rotatable bonds is 3. The maximum Gasteiger partial charge on any atom is 0.0240 e. The lowest BCUT2D eigenvalue weighted by Crippen LogP contribution is -2.23. The first-order valence-corrected chi connectivity index (χ1v) is 8.22. The second-order valence-corrected chi connectivity index (χ2v) is 6.47. The molecule has 3 rings (SSSR count). The molecule has 1 heterocycles. The van der Waals surface area contributed by atoms with Crippen molar-refractivity contribution in [1.82, 2.24) is 4.90 Å². The molecule has 1 atom stereocenters. The summed E-state index contributed by atoms with van der Waals surface area (Å²) in [6.07, 6.45) is 3.53. The minimum atomic E-state index is 0.522. The Hall–Kier alpha value is -1.86. The molecule has 0 unspecified atom stereocenters. The highest BCUT2D eigenvalue weighted by Crippen LogP contribution is 2.33. The van der Waals surface area contributed by atoms with E-state index in [1.165, 1.54) is 28.7 Å². The maximum absolute atomic E-state index is 2.56. The topological polar surface area (TPSA) is 3.24 Å². The third-order valence-corrected chi connectivity index (χ3v) is 4.52. The van der Waals surface area contributed by atoms with Gasteiger partial charge in [0.2, 0.25) is 0 Å². The van der Waals surface area contributed by atoms with Crippen molar-refractivity contribution in [2.24, 2.45) is 0 Å². The maximum atomic E-state index is 2.56. The van der Waals surface area contributed by atoms with E-state index < -0.39 is 0 Å². The summed E-state index contributed by atoms with van der Waals surface area (Å²) in [6.45, 7) is 7.62. The molecule has 0 bridgehead atoms. The van der Waals surface area contributed by atoms with Gasteiger partial charge in [-0.3, -0.25) is 4.90 Å². The fourth-order valence-electron chi connectivity index (χ4n) is 3.30. The van der Waals surface area contributed by atoms with Gasteiger partial charge in [-0.2, -0.15) is 0 Å². The molecule has 0 amide bonds. The SMILES string of the molecule is CC(C)=CCN1CC[C@@H](c2ccccc2)c2ccccc2C1. The number of nitrogens with zero attached hydrogens (tertiary/aromatic N) is 1. The van der Waals surface area contributed by atoms with Crippen LogP contribution in [0, 0.1) is 0 Å². The lowest BCUT2D eigenvalue weighted by Gasteiger charge is -2.19. The molecular weight excluding hydrogens is 266 g/mol. The van der Waals surface area contributed by atoms with Crippen molar-refractivity contribution >= 4 is 0 Å². The number of fused-ring (bicyclic) bond motifs is 1. The first-order valence-electron chi connectivity index (χ1n) is 8.22. The summed E-state index contributed by atoms with van der Waals surface area (Å²) in [5.74, 6) is 0.522. The van der Waals surface area contributed by atoms with Gasteiger partial charge in [-0.15, -0.1) is 0 Å². The number of allylic oxidation sites excluding steroid dienone is 1. The fraction of sp³-hybridized carbons (Fsp3) is 0.333. The largest absolute Gasteiger partial charge is 0.295 e. The predicted octanol–water partition coefficient (Wildman–Crippen LogP) is 4.99. The number of benzene rings is 2. The number of hydrogen-bond donors (Lipinski definition) is 0. The molecule has 22 heavy (non-hydrogen) atoms. The highest BCUT2D eigenvalue weighted by molar-refractivity contribution is 5.38. The predicted molar refractivity (Wildman–Crippen MR) is 94.1 cm³/mol. The van der Waals surface area contributed by atoms with Gasteiger partial charge in [0, 0.05) is 19.0 Å². The molecule has 0 aromatic heterocycles. The van der Waals surface area contributed by atoms with Crippen LogP contribution in [0.4, 0.5) is 0 Å². The molecule has 0 fully saturated rings. The van der Waals surface area contributed by atoms with Crippen LogP contribution in [0.5, 0.6) is 0 Å². The normalized spacial score (nSPS) is 18.4. The minimum absolute atomic E-state index is 0.522. The van der Waals surface area contributed by atoms with Crippen molar-refractivity contribution in [2.45, 2.75) is 32.7 Å². The molecule has 0 saturated heterocycles. The molecule has 0 radical (unpaired) electrons. The molecule has 1 aliphatic rings. The average molecular weight is 291 g/mol. The van der Waals surface area contributed by atoms with Crippen LogP contribution in [0.3, 0.4) is 0 Å². The lowest BCUT2D eigenvalue weighted by molar-refractivity contribution is 0.295. The van der Waals surface area contributed by atoms with Crippen LogP contribution in [0.25, 0.3) is 0 Å². The Morgan fingerprint density at radius 3 is 2.55 bits per heavy atom. The smallest absolute Gasteiger partial charge is 0.0240 e. The van der Waals surface area contributed by atoms with Crippen LogP contribution in [0.2, 0.25) is 0 Å². The van der Waals surface area contributed by atoms with Gasteiger partial charge in [0.05, 0.1) is 0 Å². The van der Waals surface area contributed by atoms with E-state index >= 15 is 0 Å². The van der Waals surface area contributed by atoms with Crippen molar-refractivity contribution in [3.8, 4) is 0 Å². The van der Waals surface area contributed by atoms with E-state index in [0.29, 0.717) is 5.92 Å². The van der Waals surface area contributed by atoms with Crippen LogP contribution >= 0.6 is 0 Å². The van der Waals surface area contributed by atoms with Crippen molar-refractivity contribution in [3.05, 3.63) is 82.9 Å². The van der Waals surface area contributed by atoms with E-state index in [2.05, 4.69) is 79.4 Å². The second-order valence-electron chi connectivity index (χ2n) is 6.47. The Bertz CT molecular complexity index is 638. The molecular formula is C21H25N. The standard InChI is InChI=1S/C21H25N/c1-17(2)12-14-22-15-13-21(18-8-4-3-5-9-18)20-11-7-6-10-19(20)16-22/h3-12,21H,13-16H2,1-2H3/t21-/m0/s1. The molecule has 0 spiro atoms. The molecule has 2 aromatic rings. The Labute approximate surface area is 134 Å². The summed E-state index contributed by atoms with van der Waals surface area (Å²) in [4.78, 5) is 2.56. The van der Waals surface area contributed by atoms with E-state index in [4.69, 9.17) is 0 Å². The Morgan fingerprint density at radius 2 is 1.77 bits per heavy atom. The fourth-order valence-corrected chi connectivity index (χ4v) is 3.30. The van der Waals surface area contributed by atoms with Gasteiger partial charge in [0.25, 0.3) is 0 Å². The summed E-state index contributed by atoms with van der Waals surface area (Å²) in [6, 6.07) is 19.9. The Balaban J connectivity index is 1.91. The second kappa shape index (κ2) is 6.93. The van der Waals surface area contributed by atoms with E-state index in [1.807, 2.05) is 0 Å². The zero-order chi connectivity index (χ0) is 15.4. The van der Waals surface area contributed by atoms with Gasteiger partial charge in [-0.05, 0) is 43.5 Å². The summed E-state index contributed by atoms with van der Waals surface area (Å²) >= 11 is 0. The average Bonchev–Trinajstić information content (AvgIpc) is 2.73. The molecule has 0 N–H and O–H groups in total. The van der Waals surface area contributed by atoms with Gasteiger partial charge < -0.3 is 0 Å². The molecule has 1 heteroatoms. The first-order chi connectivity index (χ1) is 10.7. The molecule has 2 aromatic carbocycles. The number of hydrogen-bond acceptors (Lipinski definition) is 1. The van der Waals surface area contributed by atoms with Crippen LogP contribution in [0.1, 0.15) is 42.9 Å². The quantitative estimate of drug-likeness (QED) is 0.720. The van der Waals surface area contributed by atoms with Crippen LogP contribution < -0.4 is 0 Å². The van der Waals surface area contributed by atoms with Crippen molar-refractivity contribution in [3.63, 3.8) is 0 Å². The zero-order valence-corrected chi connectivity index (χ0v) is 13.6. The van der Waals surface area contributed by atoms with E-state index in [0.717, 1.165) is 19.6 Å². The van der Waals surface area contributed by atoms with E-state index in [9.17, 15) is 0 Å². The zero-order valence-electron chi connectivity index (χ0n) is 13.6. The van der Waals surface area contributed by atoms with E-state index in [1.54, 1.807) is 0 Å². The van der Waals surface area contributed by atoms with Crippen LogP contribution in [-0.4, -0.2) is 18.0 Å². The summed E-state index contributed by atoms with van der Waals surface area (Å²) in [7, 11) is 0. The van der Waals surface area contributed by atoms with Crippen molar-refractivity contribution in [1.29, 1.82) is 0 Å². The molecule has 114 valence electrons. The first kappa shape index (κ1) is 15.1. The van der Waals surface area contributed by atoms with Gasteiger partial charge in [-0.1, -0.05) is 66.2 Å². The van der Waals surface area contributed by atoms with Crippen molar-refractivity contribution < 1.29 is 0 Å². The van der Waals surface area contributed by atoms with Gasteiger partial charge in [-0.25, -0.2) is 0 Å². The molecule has 0 saturated carbocycles. The van der Waals surface area contributed by atoms with Crippen molar-refractivity contribution in [2.75, 3.05) is 13.1 Å². The summed E-state index contributed by atoms with van der Waals surface area (Å²) < 4.78 is 0. The van der Waals surface area contributed by atoms with Crippen LogP contribution in [-0.2, 0) is 6.54 Å². The minimum Gasteiger partial charge on any atom is -0.295 e. The Kier molecular flexibility index (Phi) is 4.74. The monoisotopic (exact) mass is 291 g/mol. The highest BCUT2D eigenvalue weighted by Gasteiger charge is 2.22. The van der Waals surface area contributed by atoms with Gasteiger partial charge in [0.1, 0.15) is 0 Å². The molecule has 1 aliphatic heterocycles.